The fourth-order valence-corrected chi connectivity index (χ4v) is 4.58. The summed E-state index contributed by atoms with van der Waals surface area (Å²) in [6.45, 7) is -0.324. The highest BCUT2D eigenvalue weighted by atomic mass is 32.1. The minimum absolute atomic E-state index is 0.164. The maximum absolute atomic E-state index is 12.3. The Morgan fingerprint density at radius 2 is 1.48 bits per heavy atom. The lowest BCUT2D eigenvalue weighted by Gasteiger charge is -2.35. The summed E-state index contributed by atoms with van der Waals surface area (Å²) >= 11 is 1.04. The summed E-state index contributed by atoms with van der Waals surface area (Å²) in [5.41, 5.74) is 2.40. The van der Waals surface area contributed by atoms with E-state index < -0.39 is 99.5 Å². The van der Waals surface area contributed by atoms with E-state index >= 15 is 0 Å². The number of nitrogens with zero attached hydrogens (tertiary/aromatic N) is 1. The molecule has 18 nitrogen and oxygen atoms in total. The number of aromatic hydroxyl groups is 8. The first-order chi connectivity index (χ1) is 19.3. The Kier molecular flexibility index (Phi) is 8.70. The number of nitrogens with one attached hydrogen (secondary N) is 2. The molecule has 0 fully saturated rings. The average Bonchev–Trinajstić information content (AvgIpc) is 3.32. The number of ether oxygens (including phenoxy) is 1. The van der Waals surface area contributed by atoms with E-state index in [4.69, 9.17) is 10.5 Å². The van der Waals surface area contributed by atoms with Gasteiger partial charge >= 0.3 is 0 Å². The smallest absolute Gasteiger partial charge is 0.254 e. The summed E-state index contributed by atoms with van der Waals surface area (Å²) in [7, 11) is 0.892. The van der Waals surface area contributed by atoms with Gasteiger partial charge in [-0.2, -0.15) is 0 Å². The molecule has 1 unspecified atom stereocenters. The fraction of sp³-hybridized carbons (Fsp3) is 0.304. The number of benzene rings is 2. The van der Waals surface area contributed by atoms with Crippen molar-refractivity contribution in [1.29, 1.82) is 0 Å². The van der Waals surface area contributed by atoms with E-state index in [1.165, 1.54) is 5.38 Å². The van der Waals surface area contributed by atoms with Crippen LogP contribution in [-0.2, 0) is 21.7 Å². The summed E-state index contributed by atoms with van der Waals surface area (Å²) in [5, 5.41) is 129. The predicted octanol–water partition coefficient (Wildman–Crippen LogP) is -1.39. The number of thiazole rings is 1. The summed E-state index contributed by atoms with van der Waals surface area (Å²) in [4.78, 5) is 16.2. The van der Waals surface area contributed by atoms with Gasteiger partial charge in [-0.3, -0.25) is 10.1 Å². The fourth-order valence-electron chi connectivity index (χ4n) is 4.02. The Hall–Kier alpha value is -4.50. The second-order valence-electron chi connectivity index (χ2n) is 8.99. The molecular formula is C23H28N4O14S. The Bertz CT molecular complexity index is 1470. The van der Waals surface area contributed by atoms with Gasteiger partial charge in [-0.05, 0) is 6.92 Å². The number of hydrogen-bond donors (Lipinski definition) is 15. The Balaban J connectivity index is 1.91. The van der Waals surface area contributed by atoms with E-state index in [-0.39, 0.29) is 16.4 Å². The Morgan fingerprint density at radius 3 is 1.98 bits per heavy atom. The zero-order chi connectivity index (χ0) is 31.9. The molecule has 2 aromatic carbocycles. The van der Waals surface area contributed by atoms with Crippen LogP contribution in [0.15, 0.2) is 5.38 Å². The molecule has 1 amide bonds. The zero-order valence-corrected chi connectivity index (χ0v) is 22.5. The third-order valence-electron chi connectivity index (χ3n) is 6.12. The molecule has 19 heteroatoms. The second kappa shape index (κ2) is 11.4. The number of anilines is 2. The second-order valence-corrected chi connectivity index (χ2v) is 9.88. The number of amides is 1. The number of rotatable bonds is 10. The van der Waals surface area contributed by atoms with Gasteiger partial charge in [0.15, 0.2) is 45.7 Å². The van der Waals surface area contributed by atoms with Crippen molar-refractivity contribution < 1.29 is 70.8 Å². The van der Waals surface area contributed by atoms with Crippen LogP contribution < -0.4 is 16.4 Å². The Morgan fingerprint density at radius 1 is 0.929 bits per heavy atom. The largest absolute Gasteiger partial charge is 0.504 e. The molecule has 0 aliphatic rings. The number of hydrogen-bond acceptors (Lipinski definition) is 18. The third-order valence-corrected chi connectivity index (χ3v) is 6.84. The van der Waals surface area contributed by atoms with Gasteiger partial charge < -0.3 is 77.1 Å². The van der Waals surface area contributed by atoms with E-state index in [0.717, 1.165) is 25.4 Å². The van der Waals surface area contributed by atoms with Crippen molar-refractivity contribution in [3.63, 3.8) is 0 Å². The number of carbonyl (C=O) groups excluding carboxylic acids is 1. The highest BCUT2D eigenvalue weighted by molar-refractivity contribution is 7.13. The molecule has 16 N–H and O–H groups in total. The monoisotopic (exact) mass is 616 g/mol. The number of nitrogens with two attached hydrogens (primary N) is 1. The molecule has 0 saturated heterocycles. The van der Waals surface area contributed by atoms with Crippen LogP contribution in [0, 0.1) is 6.92 Å². The topological polar surface area (TPSA) is 332 Å². The molecule has 1 atom stereocenters. The first kappa shape index (κ1) is 32.0. The maximum atomic E-state index is 12.3. The lowest BCUT2D eigenvalue weighted by atomic mass is 9.96. The van der Waals surface area contributed by atoms with E-state index in [2.05, 4.69) is 4.98 Å². The first-order valence-corrected chi connectivity index (χ1v) is 12.4. The van der Waals surface area contributed by atoms with Gasteiger partial charge in [-0.25, -0.2) is 4.98 Å². The van der Waals surface area contributed by atoms with Crippen LogP contribution >= 0.6 is 11.3 Å². The molecule has 0 spiro atoms. The molecule has 3 aromatic rings. The van der Waals surface area contributed by atoms with Crippen LogP contribution in [0.4, 0.5) is 10.8 Å². The molecule has 3 rings (SSSR count). The molecule has 230 valence electrons. The van der Waals surface area contributed by atoms with Crippen molar-refractivity contribution in [2.75, 3.05) is 24.7 Å². The summed E-state index contributed by atoms with van der Waals surface area (Å²) < 4.78 is 4.95. The van der Waals surface area contributed by atoms with Crippen LogP contribution in [0.1, 0.15) is 28.5 Å². The van der Waals surface area contributed by atoms with Crippen LogP contribution in [0.3, 0.4) is 0 Å². The van der Waals surface area contributed by atoms with Gasteiger partial charge in [0.25, 0.3) is 5.91 Å². The van der Waals surface area contributed by atoms with Gasteiger partial charge in [0.1, 0.15) is 11.3 Å². The van der Waals surface area contributed by atoms with Crippen LogP contribution in [0.25, 0.3) is 0 Å². The van der Waals surface area contributed by atoms with Gasteiger partial charge in [0.05, 0.1) is 18.7 Å². The van der Waals surface area contributed by atoms with E-state index in [1.807, 2.05) is 5.32 Å². The van der Waals surface area contributed by atoms with E-state index in [0.29, 0.717) is 0 Å². The molecule has 0 saturated carbocycles. The lowest BCUT2D eigenvalue weighted by Crippen LogP contribution is -2.55. The maximum Gasteiger partial charge on any atom is 0.254 e. The molecule has 1 aromatic heterocycles. The number of aromatic nitrogens is 1. The summed E-state index contributed by atoms with van der Waals surface area (Å²) in [5.74, 6) is -17.8. The van der Waals surface area contributed by atoms with Gasteiger partial charge in [-0.15, -0.1) is 11.3 Å². The Labute approximate surface area is 239 Å². The van der Waals surface area contributed by atoms with Crippen molar-refractivity contribution in [3.8, 4) is 46.0 Å². The van der Waals surface area contributed by atoms with Crippen LogP contribution in [0.5, 0.6) is 46.0 Å². The van der Waals surface area contributed by atoms with E-state index in [1.54, 1.807) is 5.32 Å². The molecular weight excluding hydrogens is 588 g/mol. The highest BCUT2D eigenvalue weighted by Crippen LogP contribution is 2.53. The molecule has 42 heavy (non-hydrogen) atoms. The molecule has 0 bridgehead atoms. The van der Waals surface area contributed by atoms with Crippen molar-refractivity contribution in [2.24, 2.45) is 0 Å². The molecule has 0 radical (unpaired) electrons. The highest BCUT2D eigenvalue weighted by Gasteiger charge is 2.45. The minimum atomic E-state index is -3.52. The molecule has 0 aliphatic carbocycles. The quantitative estimate of drug-likeness (QED) is 0.0708. The number of phenols is 8. The van der Waals surface area contributed by atoms with Crippen LogP contribution in [-0.4, -0.2) is 91.7 Å². The van der Waals surface area contributed by atoms with Gasteiger partial charge in [0.2, 0.25) is 23.2 Å². The minimum Gasteiger partial charge on any atom is -0.504 e. The van der Waals surface area contributed by atoms with Crippen LogP contribution in [0.2, 0.25) is 0 Å². The number of aliphatic hydroxyl groups is 4. The number of phenolic OH excluding ortho intramolecular Hbond substituents is 8. The van der Waals surface area contributed by atoms with Crippen molar-refractivity contribution in [2.45, 2.75) is 31.1 Å². The SMILES string of the molecule is COC(c1c(C)c(O)c(O)c(O)c1O)C(O)(O)NCC(O)(O)c1c(O)c(O)c(NC(=O)Cc2csc(N)n2)c(O)c1O. The van der Waals surface area contributed by atoms with Crippen molar-refractivity contribution in [3.05, 3.63) is 27.8 Å². The van der Waals surface area contributed by atoms with Gasteiger partial charge in [-0.1, -0.05) is 0 Å². The number of methoxy groups -OCH3 is 1. The summed E-state index contributed by atoms with van der Waals surface area (Å²) in [6.07, 6.45) is -2.52. The predicted molar refractivity (Wildman–Crippen MR) is 141 cm³/mol. The third kappa shape index (κ3) is 5.78. The average molecular weight is 617 g/mol. The van der Waals surface area contributed by atoms with Gasteiger partial charge in [0, 0.05) is 23.6 Å². The zero-order valence-electron chi connectivity index (χ0n) is 21.7. The normalized spacial score (nSPS) is 12.8. The number of nitrogen functional groups attached to an aromatic ring is 1. The standard InChI is InChI=1S/C23H28N4O14S/c1-6-9(13(30)19(36)18(35)12(6)29)20(41-2)23(39,40)25-5-22(37,38)10-14(31)16(33)11(17(34)15(10)32)27-8(28)3-7-4-42-21(24)26-7/h4,20,25,29-40H,3,5H2,1-2H3,(H2,24,26)(H,27,28). The summed E-state index contributed by atoms with van der Waals surface area (Å²) in [6, 6.07) is 0. The van der Waals surface area contributed by atoms with E-state index in [9.17, 15) is 66.1 Å². The number of carbonyl (C=O) groups is 1. The molecule has 0 aliphatic heterocycles. The van der Waals surface area contributed by atoms with Crippen molar-refractivity contribution in [1.82, 2.24) is 10.3 Å². The first-order valence-electron chi connectivity index (χ1n) is 11.5. The van der Waals surface area contributed by atoms with Crippen molar-refractivity contribution >= 4 is 28.1 Å². The molecule has 1 heterocycles. The lowest BCUT2D eigenvalue weighted by molar-refractivity contribution is -0.271.